The van der Waals surface area contributed by atoms with Gasteiger partial charge in [0.1, 0.15) is 5.75 Å². The first-order valence-corrected chi connectivity index (χ1v) is 5.34. The highest BCUT2D eigenvalue weighted by Crippen LogP contribution is 2.14. The van der Waals surface area contributed by atoms with Crippen molar-refractivity contribution < 1.29 is 9.90 Å². The molecule has 0 aromatic heterocycles. The predicted octanol–water partition coefficient (Wildman–Crippen LogP) is 0.864. The fourth-order valence-electron chi connectivity index (χ4n) is 1.42. The van der Waals surface area contributed by atoms with Crippen molar-refractivity contribution in [2.45, 2.75) is 13.5 Å². The van der Waals surface area contributed by atoms with Gasteiger partial charge in [0.25, 0.3) is 0 Å². The lowest BCUT2D eigenvalue weighted by Crippen LogP contribution is -2.33. The molecule has 1 unspecified atom stereocenters. The number of amides is 1. The molecule has 1 atom stereocenters. The second-order valence-corrected chi connectivity index (χ2v) is 3.81. The molecule has 1 amide bonds. The monoisotopic (exact) mass is 222 g/mol. The Balaban J connectivity index is 2.46. The molecule has 0 radical (unpaired) electrons. The van der Waals surface area contributed by atoms with Gasteiger partial charge in [-0.2, -0.15) is 0 Å². The molecule has 0 fully saturated rings. The smallest absolute Gasteiger partial charge is 0.224 e. The highest BCUT2D eigenvalue weighted by Gasteiger charge is 2.11. The van der Waals surface area contributed by atoms with Gasteiger partial charge in [0.15, 0.2) is 0 Å². The Morgan fingerprint density at radius 2 is 2.12 bits per heavy atom. The second kappa shape index (κ2) is 6.12. The zero-order valence-electron chi connectivity index (χ0n) is 9.66. The van der Waals surface area contributed by atoms with Crippen molar-refractivity contribution in [3.63, 3.8) is 0 Å². The van der Waals surface area contributed by atoms with Gasteiger partial charge in [0, 0.05) is 24.6 Å². The molecule has 4 nitrogen and oxygen atoms in total. The third-order valence-electron chi connectivity index (χ3n) is 2.40. The van der Waals surface area contributed by atoms with Crippen molar-refractivity contribution in [3.8, 4) is 5.75 Å². The summed E-state index contributed by atoms with van der Waals surface area (Å²) in [5.74, 6) is 0.123. The summed E-state index contributed by atoms with van der Waals surface area (Å²) in [5.41, 5.74) is 0.729. The van der Waals surface area contributed by atoms with E-state index in [9.17, 15) is 9.90 Å². The number of hydrogen-bond acceptors (Lipinski definition) is 3. The van der Waals surface area contributed by atoms with Crippen LogP contribution in [0.3, 0.4) is 0 Å². The van der Waals surface area contributed by atoms with Crippen LogP contribution in [0.15, 0.2) is 24.3 Å². The summed E-state index contributed by atoms with van der Waals surface area (Å²) in [5, 5.41) is 15.2. The van der Waals surface area contributed by atoms with Gasteiger partial charge in [0.2, 0.25) is 5.91 Å². The SMILES string of the molecule is CNCC(C)C(=O)NCc1ccccc1O. The van der Waals surface area contributed by atoms with E-state index in [2.05, 4.69) is 10.6 Å². The second-order valence-electron chi connectivity index (χ2n) is 3.81. The molecular weight excluding hydrogens is 204 g/mol. The van der Waals surface area contributed by atoms with Crippen molar-refractivity contribution in [2.24, 2.45) is 5.92 Å². The molecule has 4 heteroatoms. The lowest BCUT2D eigenvalue weighted by atomic mass is 10.1. The van der Waals surface area contributed by atoms with Gasteiger partial charge in [-0.25, -0.2) is 0 Å². The van der Waals surface area contributed by atoms with E-state index in [-0.39, 0.29) is 17.6 Å². The average molecular weight is 222 g/mol. The molecule has 0 aliphatic heterocycles. The molecule has 1 aromatic rings. The number of hydrogen-bond donors (Lipinski definition) is 3. The van der Waals surface area contributed by atoms with Gasteiger partial charge < -0.3 is 15.7 Å². The fourth-order valence-corrected chi connectivity index (χ4v) is 1.42. The predicted molar refractivity (Wildman–Crippen MR) is 63.0 cm³/mol. The minimum Gasteiger partial charge on any atom is -0.508 e. The maximum Gasteiger partial charge on any atom is 0.224 e. The van der Waals surface area contributed by atoms with Crippen molar-refractivity contribution in [2.75, 3.05) is 13.6 Å². The molecule has 0 saturated carbocycles. The van der Waals surface area contributed by atoms with Crippen molar-refractivity contribution in [1.82, 2.24) is 10.6 Å². The van der Waals surface area contributed by atoms with Crippen LogP contribution < -0.4 is 10.6 Å². The van der Waals surface area contributed by atoms with Crippen LogP contribution in [-0.2, 0) is 11.3 Å². The van der Waals surface area contributed by atoms with E-state index in [1.165, 1.54) is 0 Å². The van der Waals surface area contributed by atoms with Crippen LogP contribution in [0.2, 0.25) is 0 Å². The first-order valence-electron chi connectivity index (χ1n) is 5.34. The van der Waals surface area contributed by atoms with E-state index in [4.69, 9.17) is 0 Å². The molecule has 0 bridgehead atoms. The number of nitrogens with one attached hydrogen (secondary N) is 2. The Morgan fingerprint density at radius 1 is 1.44 bits per heavy atom. The molecular formula is C12H18N2O2. The van der Waals surface area contributed by atoms with E-state index in [1.54, 1.807) is 18.2 Å². The highest BCUT2D eigenvalue weighted by atomic mass is 16.3. The van der Waals surface area contributed by atoms with Gasteiger partial charge in [-0.3, -0.25) is 4.79 Å². The van der Waals surface area contributed by atoms with Crippen LogP contribution in [0, 0.1) is 5.92 Å². The number of phenolic OH excluding ortho intramolecular Hbond substituents is 1. The maximum atomic E-state index is 11.6. The number of carbonyl (C=O) groups excluding carboxylic acids is 1. The van der Waals surface area contributed by atoms with Gasteiger partial charge in [-0.1, -0.05) is 25.1 Å². The Morgan fingerprint density at radius 3 is 2.75 bits per heavy atom. The standard InChI is InChI=1S/C12H18N2O2/c1-9(7-13-2)12(16)14-8-10-5-3-4-6-11(10)15/h3-6,9,13,15H,7-8H2,1-2H3,(H,14,16). The molecule has 1 rings (SSSR count). The third-order valence-corrected chi connectivity index (χ3v) is 2.40. The number of carbonyl (C=O) groups is 1. The van der Waals surface area contributed by atoms with Crippen molar-refractivity contribution >= 4 is 5.91 Å². The van der Waals surface area contributed by atoms with Crippen LogP contribution in [0.25, 0.3) is 0 Å². The maximum absolute atomic E-state index is 11.6. The normalized spacial score (nSPS) is 12.1. The largest absolute Gasteiger partial charge is 0.508 e. The third kappa shape index (κ3) is 3.55. The molecule has 0 saturated heterocycles. The zero-order valence-corrected chi connectivity index (χ0v) is 9.66. The molecule has 88 valence electrons. The minimum atomic E-state index is -0.0733. The average Bonchev–Trinajstić information content (AvgIpc) is 2.28. The first kappa shape index (κ1) is 12.5. The van der Waals surface area contributed by atoms with Gasteiger partial charge in [-0.05, 0) is 13.1 Å². The lowest BCUT2D eigenvalue weighted by molar-refractivity contribution is -0.124. The van der Waals surface area contributed by atoms with Crippen LogP contribution in [0.1, 0.15) is 12.5 Å². The summed E-state index contributed by atoms with van der Waals surface area (Å²) in [4.78, 5) is 11.6. The molecule has 0 spiro atoms. The summed E-state index contributed by atoms with van der Waals surface area (Å²) in [6, 6.07) is 6.99. The Labute approximate surface area is 95.7 Å². The van der Waals surface area contributed by atoms with Crippen LogP contribution >= 0.6 is 0 Å². The molecule has 16 heavy (non-hydrogen) atoms. The van der Waals surface area contributed by atoms with Crippen LogP contribution in [0.5, 0.6) is 5.75 Å². The van der Waals surface area contributed by atoms with Gasteiger partial charge in [0.05, 0.1) is 0 Å². The Hall–Kier alpha value is -1.55. The molecule has 1 aromatic carbocycles. The highest BCUT2D eigenvalue weighted by molar-refractivity contribution is 5.78. The molecule has 0 aliphatic rings. The van der Waals surface area contributed by atoms with Crippen molar-refractivity contribution in [3.05, 3.63) is 29.8 Å². The quantitative estimate of drug-likeness (QED) is 0.692. The van der Waals surface area contributed by atoms with Crippen LogP contribution in [-0.4, -0.2) is 24.6 Å². The summed E-state index contributed by atoms with van der Waals surface area (Å²) in [6.45, 7) is 2.86. The topological polar surface area (TPSA) is 61.4 Å². The number of phenols is 1. The van der Waals surface area contributed by atoms with E-state index in [0.29, 0.717) is 13.1 Å². The summed E-state index contributed by atoms with van der Waals surface area (Å²) >= 11 is 0. The summed E-state index contributed by atoms with van der Waals surface area (Å²) < 4.78 is 0. The van der Waals surface area contributed by atoms with Gasteiger partial charge >= 0.3 is 0 Å². The van der Waals surface area contributed by atoms with E-state index in [1.807, 2.05) is 20.0 Å². The summed E-state index contributed by atoms with van der Waals surface area (Å²) in [6.07, 6.45) is 0. The lowest BCUT2D eigenvalue weighted by Gasteiger charge is -2.12. The van der Waals surface area contributed by atoms with Gasteiger partial charge in [-0.15, -0.1) is 0 Å². The summed E-state index contributed by atoms with van der Waals surface area (Å²) in [7, 11) is 1.81. The van der Waals surface area contributed by atoms with Crippen LogP contribution in [0.4, 0.5) is 0 Å². The van der Waals surface area contributed by atoms with E-state index >= 15 is 0 Å². The number of para-hydroxylation sites is 1. The Kier molecular flexibility index (Phi) is 4.79. The van der Waals surface area contributed by atoms with E-state index in [0.717, 1.165) is 5.56 Å². The van der Waals surface area contributed by atoms with E-state index < -0.39 is 0 Å². The Bertz CT molecular complexity index is 353. The number of rotatable bonds is 5. The molecule has 0 heterocycles. The molecule has 3 N–H and O–H groups in total. The van der Waals surface area contributed by atoms with Crippen molar-refractivity contribution in [1.29, 1.82) is 0 Å². The fraction of sp³-hybridized carbons (Fsp3) is 0.417. The number of benzene rings is 1. The molecule has 0 aliphatic carbocycles. The first-order chi connectivity index (χ1) is 7.65. The number of aromatic hydroxyl groups is 1. The minimum absolute atomic E-state index is 0.0161. The zero-order chi connectivity index (χ0) is 12.0.